The lowest BCUT2D eigenvalue weighted by atomic mass is 9.82. The predicted molar refractivity (Wildman–Crippen MR) is 404 cm³/mol. The fourth-order valence-corrected chi connectivity index (χ4v) is 14.3. The number of alkyl halides is 6. The highest BCUT2D eigenvalue weighted by atomic mass is 32.1. The van der Waals surface area contributed by atoms with Crippen molar-refractivity contribution >= 4 is 50.7 Å². The molecule has 0 amide bonds. The topological polar surface area (TPSA) is 183 Å². The molecular formula is C81H101F12N5O9S2. The molecular weight excluding hydrogens is 1480 g/mol. The van der Waals surface area contributed by atoms with Gasteiger partial charge in [-0.3, -0.25) is 24.0 Å². The standard InChI is InChI=1S/C41H48F6N2O4.C23H23F6NO2.C17H26N2O3.2H2S/c1-7-53-35(52)19-28(18-33(50)32(15-22(2)3)49-21-27(23(4)17-34(49)51)11-14-48-12-8-13-48)37-39(43)30(20-31(40(37)44)41(45,46)47)36-24(5)16-29(26-9-10-26)38(42)25(36)6;1-4-32-17(31)9-16(30)19-21(25)14(8-15(22(19)26)23(27,28)29)18-10(2)7-13(12-5-6-12)20(24)11(18)3;1-12(2)9-15(17(21)22)19-11-14(13(3)10-16(19)20)5-8-18-6-4-7-18;;/h16-17,20-22,26,28,32H,7-15,18-19H2,1-6H3;7-8,12,16H,4-6,9,30H2,1-3H3;10-12,15H,4-9H2,1-3H3,(H,21,22);2*1H2/t28-,32?;16-;;;/m00.../s1. The van der Waals surface area contributed by atoms with Gasteiger partial charge in [-0.2, -0.15) is 53.3 Å². The van der Waals surface area contributed by atoms with E-state index < -0.39 is 153 Å². The van der Waals surface area contributed by atoms with Crippen molar-refractivity contribution in [3.63, 3.8) is 0 Å². The van der Waals surface area contributed by atoms with E-state index in [9.17, 15) is 69.0 Å². The zero-order valence-electron chi connectivity index (χ0n) is 63.7. The molecule has 2 aliphatic heterocycles. The maximum atomic E-state index is 16.9. The number of esters is 2. The molecule has 2 saturated heterocycles. The Kier molecular flexibility index (Phi) is 31.7. The summed E-state index contributed by atoms with van der Waals surface area (Å²) in [5.74, 6) is -13.1. The van der Waals surface area contributed by atoms with E-state index in [1.165, 1.54) is 75.3 Å². The third-order valence-electron chi connectivity index (χ3n) is 20.5. The number of carboxylic acids is 1. The SMILES string of the molecule is CCOC(=O)C[C@H](CC(=O)C(CC(C)C)n1cc(CCN2CCC2)c(C)cc1=O)c1c(F)c(-c2c(C)cc(C3CC3)c(F)c2C)cc(C(F)(F)F)c1F.CCOC(=O)C[C@H](N)c1c(F)c(-c2c(C)cc(C3CC3)c(F)c2C)cc(C(F)(F)F)c1F.Cc1cc(=O)n(C(CC(C)C)C(=O)O)cc1CCN1CCC1.S.S. The number of hydrogen-bond acceptors (Lipinski definition) is 11. The summed E-state index contributed by atoms with van der Waals surface area (Å²) < 4.78 is 191. The number of aromatic nitrogens is 2. The van der Waals surface area contributed by atoms with E-state index in [1.807, 2.05) is 34.6 Å². The normalized spacial score (nSPS) is 15.6. The Balaban J connectivity index is 0.000000281. The van der Waals surface area contributed by atoms with Gasteiger partial charge in [0.15, 0.2) is 5.78 Å². The Morgan fingerprint density at radius 3 is 1.26 bits per heavy atom. The van der Waals surface area contributed by atoms with Gasteiger partial charge in [-0.25, -0.2) is 31.1 Å². The molecule has 2 aromatic heterocycles. The third kappa shape index (κ3) is 22.1. The first kappa shape index (κ1) is 90.5. The molecule has 2 unspecified atom stereocenters. The maximum Gasteiger partial charge on any atom is 0.419 e. The van der Waals surface area contributed by atoms with Crippen LogP contribution < -0.4 is 16.9 Å². The lowest BCUT2D eigenvalue weighted by Crippen LogP contribution is -2.38. The number of nitrogens with zero attached hydrogens (tertiary/aromatic N) is 4. The summed E-state index contributed by atoms with van der Waals surface area (Å²) in [6.45, 7) is 25.9. The van der Waals surface area contributed by atoms with Crippen LogP contribution in [0.15, 0.2) is 58.4 Å². The number of rotatable bonds is 28. The van der Waals surface area contributed by atoms with Crippen LogP contribution in [0.4, 0.5) is 52.7 Å². The number of Topliss-reactive ketones (excluding diaryl/α,β-unsaturated/α-hetero) is 1. The van der Waals surface area contributed by atoms with E-state index in [-0.39, 0.29) is 98.1 Å². The highest BCUT2D eigenvalue weighted by molar-refractivity contribution is 7.59. The van der Waals surface area contributed by atoms with Crippen LogP contribution in [0.3, 0.4) is 0 Å². The van der Waals surface area contributed by atoms with Crippen LogP contribution in [-0.4, -0.2) is 100 Å². The second kappa shape index (κ2) is 38.2. The zero-order valence-corrected chi connectivity index (χ0v) is 65.7. The number of hydrogen-bond donors (Lipinski definition) is 2. The summed E-state index contributed by atoms with van der Waals surface area (Å²) in [6.07, 6.45) is -1.88. The second-order valence-electron chi connectivity index (χ2n) is 29.7. The van der Waals surface area contributed by atoms with Gasteiger partial charge < -0.3 is 39.2 Å². The minimum atomic E-state index is -5.31. The predicted octanol–water partition coefficient (Wildman–Crippen LogP) is 17.8. The first-order valence-corrected chi connectivity index (χ1v) is 36.7. The summed E-state index contributed by atoms with van der Waals surface area (Å²) >= 11 is 0. The molecule has 2 aliphatic carbocycles. The summed E-state index contributed by atoms with van der Waals surface area (Å²) in [5, 5.41) is 9.46. The van der Waals surface area contributed by atoms with Gasteiger partial charge >= 0.3 is 30.3 Å². The van der Waals surface area contributed by atoms with Gasteiger partial charge in [-0.15, -0.1) is 0 Å². The number of aliphatic carboxylic acids is 1. The molecule has 2 saturated carbocycles. The maximum absolute atomic E-state index is 16.9. The van der Waals surface area contributed by atoms with Crippen molar-refractivity contribution in [2.24, 2.45) is 17.6 Å². The number of aryl methyl sites for hydroxylation is 4. The molecule has 10 rings (SSSR count). The van der Waals surface area contributed by atoms with Crippen LogP contribution in [0.5, 0.6) is 0 Å². The van der Waals surface area contributed by atoms with Crippen LogP contribution in [0.1, 0.15) is 226 Å². The van der Waals surface area contributed by atoms with Gasteiger partial charge in [-0.05, 0) is 248 Å². The van der Waals surface area contributed by atoms with Crippen LogP contribution in [0, 0.1) is 88.3 Å². The number of halogens is 12. The van der Waals surface area contributed by atoms with E-state index in [4.69, 9.17) is 10.5 Å². The van der Waals surface area contributed by atoms with Gasteiger partial charge in [-0.1, -0.05) is 39.8 Å². The lowest BCUT2D eigenvalue weighted by molar-refractivity contribution is -0.144. The second-order valence-corrected chi connectivity index (χ2v) is 29.7. The summed E-state index contributed by atoms with van der Waals surface area (Å²) in [5.41, 5.74) is 2.69. The molecule has 3 N–H and O–H groups in total. The van der Waals surface area contributed by atoms with Crippen LogP contribution in [0.25, 0.3) is 22.3 Å². The number of pyridine rings is 2. The fourth-order valence-electron chi connectivity index (χ4n) is 14.3. The number of nitrogens with two attached hydrogens (primary N) is 1. The summed E-state index contributed by atoms with van der Waals surface area (Å²) in [4.78, 5) is 80.8. The Labute approximate surface area is 642 Å². The van der Waals surface area contributed by atoms with Crippen molar-refractivity contribution < 1.29 is 86.4 Å². The molecule has 4 atom stereocenters. The summed E-state index contributed by atoms with van der Waals surface area (Å²) in [6, 6.07) is 2.99. The van der Waals surface area contributed by atoms with Crippen molar-refractivity contribution in [1.29, 1.82) is 0 Å². The fraction of sp³-hybridized carbons (Fsp3) is 0.531. The highest BCUT2D eigenvalue weighted by Gasteiger charge is 2.43. The molecule has 0 bridgehead atoms. The average Bonchev–Trinajstić information content (AvgIpc) is 1.61. The van der Waals surface area contributed by atoms with Crippen molar-refractivity contribution in [1.82, 2.24) is 18.9 Å². The number of benzene rings is 4. The van der Waals surface area contributed by atoms with Gasteiger partial charge in [0.1, 0.15) is 40.9 Å². The van der Waals surface area contributed by atoms with Gasteiger partial charge in [0.25, 0.3) is 11.1 Å². The van der Waals surface area contributed by atoms with E-state index in [1.54, 1.807) is 25.4 Å². The smallest absolute Gasteiger partial charge is 0.419 e. The largest absolute Gasteiger partial charge is 0.480 e. The molecule has 109 heavy (non-hydrogen) atoms. The molecule has 4 aromatic carbocycles. The van der Waals surface area contributed by atoms with Crippen LogP contribution in [0.2, 0.25) is 0 Å². The highest BCUT2D eigenvalue weighted by Crippen LogP contribution is 2.50. The molecule has 0 radical (unpaired) electrons. The Hall–Kier alpha value is -7.40. The average molecular weight is 1580 g/mol. The quantitative estimate of drug-likeness (QED) is 0.0351. The molecule has 600 valence electrons. The Morgan fingerprint density at radius 1 is 0.523 bits per heavy atom. The number of ether oxygens (including phenoxy) is 2. The van der Waals surface area contributed by atoms with Crippen LogP contribution in [-0.2, 0) is 53.8 Å². The molecule has 28 heteroatoms. The molecule has 4 aliphatic rings. The molecule has 6 aromatic rings. The number of carboxylic acid groups (broad SMARTS) is 1. The summed E-state index contributed by atoms with van der Waals surface area (Å²) in [7, 11) is 0. The van der Waals surface area contributed by atoms with E-state index in [2.05, 4.69) is 14.5 Å². The van der Waals surface area contributed by atoms with E-state index in [0.29, 0.717) is 47.2 Å². The molecule has 0 spiro atoms. The van der Waals surface area contributed by atoms with Crippen molar-refractivity contribution in [2.75, 3.05) is 52.5 Å². The van der Waals surface area contributed by atoms with E-state index in [0.717, 1.165) is 100 Å². The van der Waals surface area contributed by atoms with Crippen molar-refractivity contribution in [3.8, 4) is 22.3 Å². The minimum absolute atomic E-state index is 0. The monoisotopic (exact) mass is 1580 g/mol. The van der Waals surface area contributed by atoms with Crippen molar-refractivity contribution in [3.05, 3.63) is 182 Å². The van der Waals surface area contributed by atoms with Gasteiger partial charge in [0.2, 0.25) is 0 Å². The minimum Gasteiger partial charge on any atom is -0.480 e. The number of carbonyl (C=O) groups is 4. The number of ketones is 1. The van der Waals surface area contributed by atoms with Gasteiger partial charge in [0.05, 0.1) is 43.2 Å². The van der Waals surface area contributed by atoms with Gasteiger partial charge in [0, 0.05) is 78.3 Å². The molecule has 4 heterocycles. The third-order valence-corrected chi connectivity index (χ3v) is 20.5. The first-order chi connectivity index (χ1) is 50.2. The Morgan fingerprint density at radius 2 is 0.899 bits per heavy atom. The van der Waals surface area contributed by atoms with Crippen molar-refractivity contribution in [2.45, 2.75) is 215 Å². The molecule has 4 fully saturated rings. The first-order valence-electron chi connectivity index (χ1n) is 36.7. The number of likely N-dealkylation sites (tertiary alicyclic amines) is 2. The lowest BCUT2D eigenvalue weighted by Gasteiger charge is -2.31. The Bertz CT molecular complexity index is 4410. The zero-order chi connectivity index (χ0) is 79.2. The molecule has 14 nitrogen and oxygen atoms in total. The van der Waals surface area contributed by atoms with E-state index >= 15 is 17.6 Å². The van der Waals surface area contributed by atoms with Crippen LogP contribution >= 0.6 is 27.0 Å². The number of carbonyl (C=O) groups excluding carboxylic acids is 3.